The van der Waals surface area contributed by atoms with Crippen LogP contribution in [0.1, 0.15) is 18.9 Å². The molecule has 6 heteroatoms. The fourth-order valence-corrected chi connectivity index (χ4v) is 3.30. The summed E-state index contributed by atoms with van der Waals surface area (Å²) in [6, 6.07) is 6.82. The minimum absolute atomic E-state index is 0.0637. The first kappa shape index (κ1) is 17.8. The Balaban J connectivity index is 2.85. The van der Waals surface area contributed by atoms with Crippen LogP contribution < -0.4 is 5.32 Å². The molecule has 0 aliphatic carbocycles. The summed E-state index contributed by atoms with van der Waals surface area (Å²) in [6.07, 6.45) is 2.57. The zero-order valence-corrected chi connectivity index (χ0v) is 13.3. The first-order valence-electron chi connectivity index (χ1n) is 7.07. The zero-order valence-electron chi connectivity index (χ0n) is 12.5. The van der Waals surface area contributed by atoms with Gasteiger partial charge in [-0.2, -0.15) is 4.31 Å². The van der Waals surface area contributed by atoms with Crippen molar-refractivity contribution in [2.24, 2.45) is 0 Å². The van der Waals surface area contributed by atoms with Crippen molar-refractivity contribution in [2.45, 2.75) is 24.8 Å². The first-order chi connectivity index (χ1) is 10.1. The smallest absolute Gasteiger partial charge is 0.243 e. The number of hydrogen-bond donors (Lipinski definition) is 2. The number of aliphatic hydroxyl groups is 1. The van der Waals surface area contributed by atoms with Crippen molar-refractivity contribution >= 4 is 10.0 Å². The van der Waals surface area contributed by atoms with Gasteiger partial charge in [-0.25, -0.2) is 8.42 Å². The molecular formula is C15H24N2O3S. The van der Waals surface area contributed by atoms with Crippen LogP contribution in [0.4, 0.5) is 0 Å². The molecule has 21 heavy (non-hydrogen) atoms. The van der Waals surface area contributed by atoms with E-state index in [1.165, 1.54) is 10.4 Å². The maximum atomic E-state index is 12.4. The van der Waals surface area contributed by atoms with Crippen LogP contribution in [0.25, 0.3) is 0 Å². The molecule has 2 N–H and O–H groups in total. The van der Waals surface area contributed by atoms with E-state index in [-0.39, 0.29) is 24.6 Å². The SMILES string of the molecule is C=CCN(CCO)S(=O)(=O)c1ccc(CNCCC)cc1. The van der Waals surface area contributed by atoms with Gasteiger partial charge in [0.25, 0.3) is 0 Å². The molecule has 118 valence electrons. The van der Waals surface area contributed by atoms with E-state index in [1.54, 1.807) is 24.3 Å². The second kappa shape index (κ2) is 8.94. The standard InChI is InChI=1S/C15H24N2O3S/c1-3-9-16-13-14-5-7-15(8-6-14)21(19,20)17(10-4-2)11-12-18/h4-8,16,18H,2-3,9-13H2,1H3. The molecule has 0 spiro atoms. The van der Waals surface area contributed by atoms with Crippen molar-refractivity contribution < 1.29 is 13.5 Å². The summed E-state index contributed by atoms with van der Waals surface area (Å²) < 4.78 is 26.1. The van der Waals surface area contributed by atoms with Crippen molar-refractivity contribution in [1.82, 2.24) is 9.62 Å². The quantitative estimate of drug-likeness (QED) is 0.505. The minimum Gasteiger partial charge on any atom is -0.395 e. The minimum atomic E-state index is -3.59. The molecule has 1 rings (SSSR count). The van der Waals surface area contributed by atoms with E-state index < -0.39 is 10.0 Å². The maximum Gasteiger partial charge on any atom is 0.243 e. The van der Waals surface area contributed by atoms with Gasteiger partial charge in [0, 0.05) is 19.6 Å². The molecule has 0 aliphatic rings. The molecule has 0 saturated carbocycles. The second-order valence-corrected chi connectivity index (χ2v) is 6.63. The summed E-state index contributed by atoms with van der Waals surface area (Å²) in [7, 11) is -3.59. The molecule has 0 heterocycles. The van der Waals surface area contributed by atoms with E-state index in [9.17, 15) is 8.42 Å². The van der Waals surface area contributed by atoms with E-state index in [1.807, 2.05) is 0 Å². The largest absolute Gasteiger partial charge is 0.395 e. The predicted octanol–water partition coefficient (Wildman–Crippen LogP) is 1.36. The molecule has 0 unspecified atom stereocenters. The monoisotopic (exact) mass is 312 g/mol. The molecule has 0 amide bonds. The maximum absolute atomic E-state index is 12.4. The normalized spacial score (nSPS) is 11.8. The highest BCUT2D eigenvalue weighted by atomic mass is 32.2. The predicted molar refractivity (Wildman–Crippen MR) is 84.5 cm³/mol. The van der Waals surface area contributed by atoms with Gasteiger partial charge in [0.1, 0.15) is 0 Å². The average molecular weight is 312 g/mol. The fraction of sp³-hybridized carbons (Fsp3) is 0.467. The van der Waals surface area contributed by atoms with E-state index in [4.69, 9.17) is 5.11 Å². The average Bonchev–Trinajstić information content (AvgIpc) is 2.48. The number of aliphatic hydroxyl groups excluding tert-OH is 1. The van der Waals surface area contributed by atoms with Gasteiger partial charge in [-0.1, -0.05) is 25.1 Å². The number of rotatable bonds is 10. The third kappa shape index (κ3) is 5.24. The molecule has 0 atom stereocenters. The van der Waals surface area contributed by atoms with Gasteiger partial charge in [0.2, 0.25) is 10.0 Å². The molecule has 1 aromatic rings. The Morgan fingerprint density at radius 3 is 2.52 bits per heavy atom. The second-order valence-electron chi connectivity index (χ2n) is 4.70. The molecule has 0 fully saturated rings. The van der Waals surface area contributed by atoms with Crippen molar-refractivity contribution in [1.29, 1.82) is 0 Å². The lowest BCUT2D eigenvalue weighted by Crippen LogP contribution is -2.33. The van der Waals surface area contributed by atoms with Crippen molar-refractivity contribution in [3.05, 3.63) is 42.5 Å². The molecule has 0 aliphatic heterocycles. The zero-order chi connectivity index (χ0) is 15.7. The number of nitrogens with zero attached hydrogens (tertiary/aromatic N) is 1. The van der Waals surface area contributed by atoms with Crippen LogP contribution in [-0.2, 0) is 16.6 Å². The van der Waals surface area contributed by atoms with Crippen molar-refractivity contribution in [3.63, 3.8) is 0 Å². The van der Waals surface area contributed by atoms with Gasteiger partial charge in [-0.15, -0.1) is 6.58 Å². The Labute approximate surface area is 127 Å². The summed E-state index contributed by atoms with van der Waals surface area (Å²) >= 11 is 0. The lowest BCUT2D eigenvalue weighted by molar-refractivity contribution is 0.260. The Bertz CT molecular complexity index is 526. The summed E-state index contributed by atoms with van der Waals surface area (Å²) in [5, 5.41) is 12.3. The lowest BCUT2D eigenvalue weighted by atomic mass is 10.2. The lowest BCUT2D eigenvalue weighted by Gasteiger charge is -2.19. The number of hydrogen-bond acceptors (Lipinski definition) is 4. The van der Waals surface area contributed by atoms with Crippen LogP contribution in [-0.4, -0.2) is 44.1 Å². The van der Waals surface area contributed by atoms with Crippen LogP contribution in [0.5, 0.6) is 0 Å². The summed E-state index contributed by atoms with van der Waals surface area (Å²) in [5.74, 6) is 0. The van der Waals surface area contributed by atoms with Crippen molar-refractivity contribution in [2.75, 3.05) is 26.2 Å². The van der Waals surface area contributed by atoms with Gasteiger partial charge in [-0.05, 0) is 30.7 Å². The first-order valence-corrected chi connectivity index (χ1v) is 8.51. The van der Waals surface area contributed by atoms with E-state index in [0.717, 1.165) is 25.1 Å². The molecule has 0 bridgehead atoms. The van der Waals surface area contributed by atoms with Gasteiger partial charge in [0.15, 0.2) is 0 Å². The van der Waals surface area contributed by atoms with Crippen LogP contribution in [0, 0.1) is 0 Å². The topological polar surface area (TPSA) is 69.6 Å². The highest BCUT2D eigenvalue weighted by molar-refractivity contribution is 7.89. The van der Waals surface area contributed by atoms with Gasteiger partial charge >= 0.3 is 0 Å². The third-order valence-corrected chi connectivity index (χ3v) is 4.88. The Morgan fingerprint density at radius 2 is 2.00 bits per heavy atom. The van der Waals surface area contributed by atoms with Crippen molar-refractivity contribution in [3.8, 4) is 0 Å². The highest BCUT2D eigenvalue weighted by Crippen LogP contribution is 2.16. The Kier molecular flexibility index (Phi) is 7.60. The van der Waals surface area contributed by atoms with E-state index >= 15 is 0 Å². The van der Waals surface area contributed by atoms with Gasteiger partial charge < -0.3 is 10.4 Å². The molecular weight excluding hydrogens is 288 g/mol. The molecule has 0 saturated heterocycles. The summed E-state index contributed by atoms with van der Waals surface area (Å²) in [6.45, 7) is 7.33. The number of sulfonamides is 1. The van der Waals surface area contributed by atoms with Gasteiger partial charge in [0.05, 0.1) is 11.5 Å². The Hall–Kier alpha value is -1.21. The number of benzene rings is 1. The van der Waals surface area contributed by atoms with Crippen LogP contribution in [0.15, 0.2) is 41.8 Å². The van der Waals surface area contributed by atoms with Gasteiger partial charge in [-0.3, -0.25) is 0 Å². The molecule has 5 nitrogen and oxygen atoms in total. The van der Waals surface area contributed by atoms with E-state index in [0.29, 0.717) is 0 Å². The third-order valence-electron chi connectivity index (χ3n) is 3.00. The van der Waals surface area contributed by atoms with Crippen LogP contribution in [0.2, 0.25) is 0 Å². The molecule has 0 radical (unpaired) electrons. The molecule has 0 aromatic heterocycles. The highest BCUT2D eigenvalue weighted by Gasteiger charge is 2.22. The Morgan fingerprint density at radius 1 is 1.33 bits per heavy atom. The fourth-order valence-electron chi connectivity index (χ4n) is 1.90. The summed E-state index contributed by atoms with van der Waals surface area (Å²) in [4.78, 5) is 0.233. The van der Waals surface area contributed by atoms with Crippen LogP contribution >= 0.6 is 0 Å². The molecule has 1 aromatic carbocycles. The van der Waals surface area contributed by atoms with Crippen LogP contribution in [0.3, 0.4) is 0 Å². The summed E-state index contributed by atoms with van der Waals surface area (Å²) in [5.41, 5.74) is 1.04. The van der Waals surface area contributed by atoms with E-state index in [2.05, 4.69) is 18.8 Å². The number of nitrogens with one attached hydrogen (secondary N) is 1.